The van der Waals surface area contributed by atoms with Crippen LogP contribution in [0.2, 0.25) is 5.02 Å². The van der Waals surface area contributed by atoms with Crippen molar-refractivity contribution in [3.63, 3.8) is 0 Å². The van der Waals surface area contributed by atoms with Gasteiger partial charge in [-0.15, -0.1) is 11.3 Å². The highest BCUT2D eigenvalue weighted by molar-refractivity contribution is 9.10. The topological polar surface area (TPSA) is 30.0 Å². The van der Waals surface area contributed by atoms with Gasteiger partial charge in [-0.3, -0.25) is 4.79 Å². The molecule has 0 saturated carbocycles. The Labute approximate surface area is 117 Å². The third-order valence-corrected chi connectivity index (χ3v) is 4.30. The molecule has 1 heterocycles. The molecule has 2 nitrogen and oxygen atoms in total. The van der Waals surface area contributed by atoms with Gasteiger partial charge in [0.15, 0.2) is 5.78 Å². The van der Waals surface area contributed by atoms with Crippen molar-refractivity contribution in [2.75, 3.05) is 0 Å². The lowest BCUT2D eigenvalue weighted by atomic mass is 10.1. The van der Waals surface area contributed by atoms with Gasteiger partial charge in [0.25, 0.3) is 0 Å². The first-order valence-electron chi connectivity index (χ1n) is 4.95. The molecule has 0 spiro atoms. The van der Waals surface area contributed by atoms with Crippen LogP contribution in [0.1, 0.15) is 21.1 Å². The van der Waals surface area contributed by atoms with Crippen LogP contribution in [0.15, 0.2) is 28.1 Å². The number of nitrogens with zero attached hydrogens (tertiary/aromatic N) is 1. The first kappa shape index (κ1) is 12.7. The molecule has 0 radical (unpaired) electrons. The highest BCUT2D eigenvalue weighted by Gasteiger charge is 2.10. The molecule has 0 saturated heterocycles. The predicted octanol–water partition coefficient (Wildman–Crippen LogP) is 4.29. The average Bonchev–Trinajstić information content (AvgIpc) is 2.68. The standard InChI is InChI=1S/C12H9BrClNOS/c1-7-15-9(6-17-7)5-12(16)8-2-3-10(13)11(14)4-8/h2-4,6H,5H2,1H3. The van der Waals surface area contributed by atoms with Crippen molar-refractivity contribution in [2.45, 2.75) is 13.3 Å². The average molecular weight is 331 g/mol. The quantitative estimate of drug-likeness (QED) is 0.786. The normalized spacial score (nSPS) is 10.5. The van der Waals surface area contributed by atoms with Crippen molar-refractivity contribution < 1.29 is 4.79 Å². The van der Waals surface area contributed by atoms with E-state index >= 15 is 0 Å². The minimum Gasteiger partial charge on any atom is -0.294 e. The van der Waals surface area contributed by atoms with E-state index in [0.29, 0.717) is 17.0 Å². The molecular formula is C12H9BrClNOS. The van der Waals surface area contributed by atoms with E-state index in [9.17, 15) is 4.79 Å². The lowest BCUT2D eigenvalue weighted by molar-refractivity contribution is 0.0992. The lowest BCUT2D eigenvalue weighted by Gasteiger charge is -2.01. The van der Waals surface area contributed by atoms with E-state index in [2.05, 4.69) is 20.9 Å². The van der Waals surface area contributed by atoms with Crippen LogP contribution in [-0.4, -0.2) is 10.8 Å². The number of rotatable bonds is 3. The summed E-state index contributed by atoms with van der Waals surface area (Å²) in [5, 5.41) is 3.43. The predicted molar refractivity (Wildman–Crippen MR) is 74.0 cm³/mol. The van der Waals surface area contributed by atoms with Crippen LogP contribution in [0.5, 0.6) is 0 Å². The second-order valence-electron chi connectivity index (χ2n) is 3.59. The number of aromatic nitrogens is 1. The van der Waals surface area contributed by atoms with Crippen molar-refractivity contribution in [3.8, 4) is 0 Å². The van der Waals surface area contributed by atoms with Crippen molar-refractivity contribution >= 4 is 44.7 Å². The summed E-state index contributed by atoms with van der Waals surface area (Å²) in [5.74, 6) is 0.0321. The Morgan fingerprint density at radius 3 is 2.88 bits per heavy atom. The molecule has 0 aliphatic heterocycles. The maximum atomic E-state index is 12.0. The Morgan fingerprint density at radius 1 is 1.53 bits per heavy atom. The number of carbonyl (C=O) groups excluding carboxylic acids is 1. The van der Waals surface area contributed by atoms with E-state index in [1.807, 2.05) is 12.3 Å². The van der Waals surface area contributed by atoms with Gasteiger partial charge in [0, 0.05) is 15.4 Å². The van der Waals surface area contributed by atoms with E-state index in [0.717, 1.165) is 15.2 Å². The first-order chi connectivity index (χ1) is 8.06. The van der Waals surface area contributed by atoms with Gasteiger partial charge in [0.1, 0.15) is 0 Å². The number of ketones is 1. The Balaban J connectivity index is 2.17. The molecule has 0 atom stereocenters. The molecule has 0 amide bonds. The van der Waals surface area contributed by atoms with Gasteiger partial charge in [0.05, 0.1) is 22.1 Å². The SMILES string of the molecule is Cc1nc(CC(=O)c2ccc(Br)c(Cl)c2)cs1. The Morgan fingerprint density at radius 2 is 2.29 bits per heavy atom. The summed E-state index contributed by atoms with van der Waals surface area (Å²) in [4.78, 5) is 16.2. The monoisotopic (exact) mass is 329 g/mol. The number of halogens is 2. The van der Waals surface area contributed by atoms with E-state index in [4.69, 9.17) is 11.6 Å². The van der Waals surface area contributed by atoms with Gasteiger partial charge in [-0.2, -0.15) is 0 Å². The van der Waals surface area contributed by atoms with E-state index < -0.39 is 0 Å². The summed E-state index contributed by atoms with van der Waals surface area (Å²) in [5.41, 5.74) is 1.43. The second kappa shape index (κ2) is 5.29. The molecule has 88 valence electrons. The van der Waals surface area contributed by atoms with E-state index in [1.165, 1.54) is 0 Å². The van der Waals surface area contributed by atoms with Gasteiger partial charge in [-0.1, -0.05) is 17.7 Å². The van der Waals surface area contributed by atoms with Gasteiger partial charge in [-0.05, 0) is 35.0 Å². The third kappa shape index (κ3) is 3.15. The summed E-state index contributed by atoms with van der Waals surface area (Å²) in [6.07, 6.45) is 0.322. The first-order valence-corrected chi connectivity index (χ1v) is 7.00. The van der Waals surface area contributed by atoms with Crippen LogP contribution >= 0.6 is 38.9 Å². The zero-order valence-corrected chi connectivity index (χ0v) is 12.2. The molecule has 0 aliphatic carbocycles. The van der Waals surface area contributed by atoms with Gasteiger partial charge in [-0.25, -0.2) is 4.98 Å². The van der Waals surface area contributed by atoms with Crippen LogP contribution in [0.3, 0.4) is 0 Å². The molecule has 17 heavy (non-hydrogen) atoms. The fourth-order valence-corrected chi connectivity index (χ4v) is 2.47. The number of carbonyl (C=O) groups is 1. The second-order valence-corrected chi connectivity index (χ2v) is 5.91. The smallest absolute Gasteiger partial charge is 0.168 e. The van der Waals surface area contributed by atoms with Crippen LogP contribution in [0, 0.1) is 6.92 Å². The van der Waals surface area contributed by atoms with Crippen LogP contribution in [0.25, 0.3) is 0 Å². The van der Waals surface area contributed by atoms with Crippen molar-refractivity contribution in [1.29, 1.82) is 0 Å². The van der Waals surface area contributed by atoms with Gasteiger partial charge < -0.3 is 0 Å². The maximum absolute atomic E-state index is 12.0. The number of aryl methyl sites for hydroxylation is 1. The van der Waals surface area contributed by atoms with Crippen LogP contribution < -0.4 is 0 Å². The summed E-state index contributed by atoms with van der Waals surface area (Å²) < 4.78 is 0.792. The molecule has 0 bridgehead atoms. The van der Waals surface area contributed by atoms with Gasteiger partial charge in [0.2, 0.25) is 0 Å². The van der Waals surface area contributed by atoms with Gasteiger partial charge >= 0.3 is 0 Å². The number of hydrogen-bond donors (Lipinski definition) is 0. The number of thiazole rings is 1. The summed E-state index contributed by atoms with van der Waals surface area (Å²) >= 11 is 10.8. The fraction of sp³-hybridized carbons (Fsp3) is 0.167. The van der Waals surface area contributed by atoms with Crippen molar-refractivity contribution in [2.24, 2.45) is 0 Å². The highest BCUT2D eigenvalue weighted by atomic mass is 79.9. The van der Waals surface area contributed by atoms with Crippen molar-refractivity contribution in [3.05, 3.63) is 49.3 Å². The molecule has 2 aromatic rings. The minimum absolute atomic E-state index is 0.0321. The number of Topliss-reactive ketones (excluding diaryl/α,β-unsaturated/α-hetero) is 1. The molecule has 1 aromatic carbocycles. The zero-order chi connectivity index (χ0) is 12.4. The molecule has 0 fully saturated rings. The fourth-order valence-electron chi connectivity index (χ4n) is 1.43. The number of benzene rings is 1. The molecule has 0 N–H and O–H groups in total. The van der Waals surface area contributed by atoms with E-state index in [1.54, 1.807) is 29.5 Å². The number of hydrogen-bond acceptors (Lipinski definition) is 3. The molecule has 0 unspecified atom stereocenters. The molecule has 1 aromatic heterocycles. The summed E-state index contributed by atoms with van der Waals surface area (Å²) in [6, 6.07) is 5.21. The Hall–Kier alpha value is -0.710. The lowest BCUT2D eigenvalue weighted by Crippen LogP contribution is -2.03. The minimum atomic E-state index is 0.0321. The largest absolute Gasteiger partial charge is 0.294 e. The summed E-state index contributed by atoms with van der Waals surface area (Å²) in [7, 11) is 0. The molecule has 5 heteroatoms. The third-order valence-electron chi connectivity index (χ3n) is 2.25. The highest BCUT2D eigenvalue weighted by Crippen LogP contribution is 2.24. The van der Waals surface area contributed by atoms with Crippen LogP contribution in [-0.2, 0) is 6.42 Å². The Kier molecular flexibility index (Phi) is 3.97. The van der Waals surface area contributed by atoms with E-state index in [-0.39, 0.29) is 5.78 Å². The van der Waals surface area contributed by atoms with Crippen LogP contribution in [0.4, 0.5) is 0 Å². The maximum Gasteiger partial charge on any atom is 0.168 e. The van der Waals surface area contributed by atoms with Crippen molar-refractivity contribution in [1.82, 2.24) is 4.98 Å². The Bertz CT molecular complexity index is 567. The molecule has 2 rings (SSSR count). The summed E-state index contributed by atoms with van der Waals surface area (Å²) in [6.45, 7) is 1.93. The molecular weight excluding hydrogens is 322 g/mol. The molecule has 0 aliphatic rings. The zero-order valence-electron chi connectivity index (χ0n) is 9.04.